The minimum absolute atomic E-state index is 0.232. The van der Waals surface area contributed by atoms with Crippen LogP contribution in [0.25, 0.3) is 0 Å². The molecule has 4 unspecified atom stereocenters. The lowest BCUT2D eigenvalue weighted by atomic mass is 10.0. The highest BCUT2D eigenvalue weighted by atomic mass is 19.1. The number of carbonyl (C=O) groups is 6. The van der Waals surface area contributed by atoms with Crippen LogP contribution in [-0.2, 0) is 41.7 Å². The average molecular weight is 830 g/mol. The van der Waals surface area contributed by atoms with E-state index in [0.29, 0.717) is 63.2 Å². The third kappa shape index (κ3) is 11.5. The molecule has 2 aliphatic rings. The number of ether oxygens (including phenoxy) is 2. The van der Waals surface area contributed by atoms with Gasteiger partial charge in [-0.3, -0.25) is 19.2 Å². The minimum atomic E-state index is -0.849. The summed E-state index contributed by atoms with van der Waals surface area (Å²) in [6, 6.07) is 17.7. The van der Waals surface area contributed by atoms with Crippen LogP contribution in [-0.4, -0.2) is 97.1 Å². The molecule has 0 aliphatic carbocycles. The van der Waals surface area contributed by atoms with E-state index in [1.54, 1.807) is 24.3 Å². The monoisotopic (exact) mass is 829 g/mol. The number of benzene rings is 3. The number of anilines is 3. The second-order valence-electron chi connectivity index (χ2n) is 15.8. The fourth-order valence-electron chi connectivity index (χ4n) is 7.64. The van der Waals surface area contributed by atoms with Crippen LogP contribution < -0.4 is 26.2 Å². The normalized spacial score (nSPS) is 17.1. The summed E-state index contributed by atoms with van der Waals surface area (Å²) in [4.78, 5) is 83.4. The van der Waals surface area contributed by atoms with E-state index in [1.165, 1.54) is 36.2 Å². The number of alkyl carbamates (subject to hydrolysis) is 2. The Bertz CT molecular complexity index is 1890. The van der Waals surface area contributed by atoms with E-state index in [4.69, 9.17) is 9.47 Å². The molecule has 2 fully saturated rings. The summed E-state index contributed by atoms with van der Waals surface area (Å²) < 4.78 is 23.5. The highest BCUT2D eigenvalue weighted by Crippen LogP contribution is 2.27. The van der Waals surface area contributed by atoms with Gasteiger partial charge in [0.25, 0.3) is 0 Å². The molecule has 4 atom stereocenters. The number of nitrogens with one attached hydrogen (secondary N) is 4. The zero-order chi connectivity index (χ0) is 43.5. The van der Waals surface area contributed by atoms with Crippen molar-refractivity contribution < 1.29 is 42.6 Å². The maximum absolute atomic E-state index is 14.1. The molecular formula is C44H56FN7O8. The summed E-state index contributed by atoms with van der Waals surface area (Å²) in [6.07, 6.45) is 0.782. The van der Waals surface area contributed by atoms with Crippen LogP contribution in [0, 0.1) is 17.7 Å². The van der Waals surface area contributed by atoms with Gasteiger partial charge in [-0.25, -0.2) is 14.0 Å². The summed E-state index contributed by atoms with van der Waals surface area (Å²) in [5.74, 6) is -2.21. The van der Waals surface area contributed by atoms with E-state index in [-0.39, 0.29) is 41.3 Å². The van der Waals surface area contributed by atoms with Gasteiger partial charge >= 0.3 is 12.2 Å². The van der Waals surface area contributed by atoms with E-state index in [2.05, 4.69) is 21.3 Å². The molecule has 15 nitrogen and oxygen atoms in total. The van der Waals surface area contributed by atoms with Gasteiger partial charge in [0.2, 0.25) is 23.6 Å². The van der Waals surface area contributed by atoms with E-state index >= 15 is 0 Å². The number of likely N-dealkylation sites (tertiary alicyclic amines) is 2. The van der Waals surface area contributed by atoms with Crippen LogP contribution in [0.5, 0.6) is 0 Å². The fourth-order valence-corrected chi connectivity index (χ4v) is 7.64. The molecule has 0 bridgehead atoms. The van der Waals surface area contributed by atoms with Crippen LogP contribution >= 0.6 is 0 Å². The predicted molar refractivity (Wildman–Crippen MR) is 224 cm³/mol. The molecule has 6 amide bonds. The second kappa shape index (κ2) is 20.7. The molecule has 0 spiro atoms. The zero-order valence-electron chi connectivity index (χ0n) is 35.0. The third-order valence-corrected chi connectivity index (χ3v) is 10.8. The third-order valence-electron chi connectivity index (χ3n) is 10.8. The standard InChI is InChI=1S/C44H56FN7O8/c1-27(2)37(48-43(57)59-5)41(55)51-21-9-15-35(51)39(53)46-32-13-7-11-29(23-32)25-50(34-19-17-31(45)18-20-34)26-30-12-8-14-33(24-30)47-40(54)36-16-10-22-52(36)42(56)38(28(3)4)49-44(58)60-6/h7-8,11-14,17-20,23-24,27-28,35-38H,9-10,15-16,21-22,25-26H2,1-6H3,(H,46,53)(H,47,54)(H,48,57)(H,49,58). The Morgan fingerprint density at radius 1 is 0.667 bits per heavy atom. The highest BCUT2D eigenvalue weighted by Gasteiger charge is 2.40. The fraction of sp³-hybridized carbons (Fsp3) is 0.455. The molecule has 2 saturated heterocycles. The van der Waals surface area contributed by atoms with Crippen molar-refractivity contribution in [3.05, 3.63) is 89.7 Å². The topological polar surface area (TPSA) is 179 Å². The number of carbonyl (C=O) groups excluding carboxylic acids is 6. The Hall–Kier alpha value is -6.19. The second-order valence-corrected chi connectivity index (χ2v) is 15.8. The molecule has 60 heavy (non-hydrogen) atoms. The maximum Gasteiger partial charge on any atom is 0.407 e. The Balaban J connectivity index is 1.28. The van der Waals surface area contributed by atoms with Crippen LogP contribution in [0.2, 0.25) is 0 Å². The first kappa shape index (κ1) is 44.9. The lowest BCUT2D eigenvalue weighted by Gasteiger charge is -2.30. The van der Waals surface area contributed by atoms with Crippen molar-refractivity contribution in [3.8, 4) is 0 Å². The number of methoxy groups -OCH3 is 2. The van der Waals surface area contributed by atoms with Gasteiger partial charge in [0, 0.05) is 43.2 Å². The Kier molecular flexibility index (Phi) is 15.5. The molecule has 3 aromatic carbocycles. The minimum Gasteiger partial charge on any atom is -0.453 e. The molecule has 0 aromatic heterocycles. The van der Waals surface area contributed by atoms with Crippen LogP contribution in [0.3, 0.4) is 0 Å². The van der Waals surface area contributed by atoms with Crippen molar-refractivity contribution in [3.63, 3.8) is 0 Å². The number of nitrogens with zero attached hydrogens (tertiary/aromatic N) is 3. The summed E-state index contributed by atoms with van der Waals surface area (Å²) in [7, 11) is 2.46. The molecular weight excluding hydrogens is 774 g/mol. The molecule has 0 saturated carbocycles. The number of rotatable bonds is 15. The molecule has 322 valence electrons. The largest absolute Gasteiger partial charge is 0.453 e. The highest BCUT2D eigenvalue weighted by molar-refractivity contribution is 5.99. The van der Waals surface area contributed by atoms with E-state index < -0.39 is 36.4 Å². The van der Waals surface area contributed by atoms with Crippen molar-refractivity contribution in [1.82, 2.24) is 20.4 Å². The first-order valence-corrected chi connectivity index (χ1v) is 20.3. The van der Waals surface area contributed by atoms with Gasteiger partial charge in [0.1, 0.15) is 30.0 Å². The number of amides is 6. The lowest BCUT2D eigenvalue weighted by molar-refractivity contribution is -0.139. The maximum atomic E-state index is 14.1. The van der Waals surface area contributed by atoms with Crippen LogP contribution in [0.4, 0.5) is 31.0 Å². The first-order valence-electron chi connectivity index (χ1n) is 20.3. The van der Waals surface area contributed by atoms with Gasteiger partial charge < -0.3 is 45.4 Å². The summed E-state index contributed by atoms with van der Waals surface area (Å²) in [6.45, 7) is 8.75. The zero-order valence-corrected chi connectivity index (χ0v) is 35.0. The number of hydrogen-bond acceptors (Lipinski definition) is 9. The molecule has 5 rings (SSSR count). The predicted octanol–water partition coefficient (Wildman–Crippen LogP) is 5.65. The lowest BCUT2D eigenvalue weighted by Crippen LogP contribution is -2.54. The van der Waals surface area contributed by atoms with Gasteiger partial charge in [0.05, 0.1) is 14.2 Å². The van der Waals surface area contributed by atoms with E-state index in [1.807, 2.05) is 69.0 Å². The summed E-state index contributed by atoms with van der Waals surface area (Å²) in [5.41, 5.74) is 3.50. The Labute approximate surface area is 350 Å². The van der Waals surface area contributed by atoms with Gasteiger partial charge in [-0.05, 0) is 97.2 Å². The van der Waals surface area contributed by atoms with Crippen molar-refractivity contribution >= 4 is 52.9 Å². The first-order chi connectivity index (χ1) is 28.7. The van der Waals surface area contributed by atoms with Crippen molar-refractivity contribution in [2.45, 2.75) is 90.6 Å². The van der Waals surface area contributed by atoms with Gasteiger partial charge in [0.15, 0.2) is 0 Å². The molecule has 0 radical (unpaired) electrons. The van der Waals surface area contributed by atoms with Crippen LogP contribution in [0.15, 0.2) is 72.8 Å². The summed E-state index contributed by atoms with van der Waals surface area (Å²) in [5, 5.41) is 11.2. The average Bonchev–Trinajstić information content (AvgIpc) is 3.93. The molecule has 2 heterocycles. The van der Waals surface area contributed by atoms with Gasteiger partial charge in [-0.2, -0.15) is 0 Å². The Morgan fingerprint density at radius 2 is 1.08 bits per heavy atom. The molecule has 3 aromatic rings. The molecule has 16 heteroatoms. The number of halogens is 1. The Morgan fingerprint density at radius 3 is 1.47 bits per heavy atom. The van der Waals surface area contributed by atoms with E-state index in [0.717, 1.165) is 16.8 Å². The van der Waals surface area contributed by atoms with Crippen molar-refractivity contribution in [1.29, 1.82) is 0 Å². The molecule has 2 aliphatic heterocycles. The SMILES string of the molecule is COC(=O)NC(C(=O)N1CCCC1C(=O)Nc1cccc(CN(Cc2cccc(NC(=O)C3CCCN3C(=O)C(NC(=O)OC)C(C)C)c2)c2ccc(F)cc2)c1)C(C)C. The van der Waals surface area contributed by atoms with Gasteiger partial charge in [-0.15, -0.1) is 0 Å². The van der Waals surface area contributed by atoms with Crippen molar-refractivity contribution in [2.24, 2.45) is 11.8 Å². The summed E-state index contributed by atoms with van der Waals surface area (Å²) >= 11 is 0. The molecule has 4 N–H and O–H groups in total. The van der Waals surface area contributed by atoms with Gasteiger partial charge in [-0.1, -0.05) is 52.0 Å². The van der Waals surface area contributed by atoms with Crippen LogP contribution in [0.1, 0.15) is 64.5 Å². The van der Waals surface area contributed by atoms with E-state index in [9.17, 15) is 33.2 Å². The quantitative estimate of drug-likeness (QED) is 0.151. The number of hydrogen-bond donors (Lipinski definition) is 4. The van der Waals surface area contributed by atoms with Crippen molar-refractivity contribution in [2.75, 3.05) is 42.8 Å². The smallest absolute Gasteiger partial charge is 0.407 e.